The van der Waals surface area contributed by atoms with Gasteiger partial charge < -0.3 is 4.57 Å². The van der Waals surface area contributed by atoms with Crippen molar-refractivity contribution in [3.8, 4) is 11.4 Å². The summed E-state index contributed by atoms with van der Waals surface area (Å²) in [5, 5.41) is 0. The summed E-state index contributed by atoms with van der Waals surface area (Å²) in [5.74, 6) is 0.801. The molecule has 1 aliphatic heterocycles. The van der Waals surface area contributed by atoms with E-state index < -0.39 is 0 Å². The third-order valence-corrected chi connectivity index (χ3v) is 7.53. The van der Waals surface area contributed by atoms with E-state index in [0.717, 1.165) is 54.6 Å². The van der Waals surface area contributed by atoms with Gasteiger partial charge in [0.2, 0.25) is 0 Å². The number of nitrogens with zero attached hydrogens (tertiary/aromatic N) is 5. The van der Waals surface area contributed by atoms with Gasteiger partial charge in [-0.25, -0.2) is 9.67 Å². The Morgan fingerprint density at radius 3 is 2.40 bits per heavy atom. The summed E-state index contributed by atoms with van der Waals surface area (Å²) in [6.07, 6.45) is 11.8. The molecule has 35 heavy (non-hydrogen) atoms. The highest BCUT2D eigenvalue weighted by Gasteiger charge is 2.22. The molecule has 182 valence electrons. The minimum atomic E-state index is 0.0849. The summed E-state index contributed by atoms with van der Waals surface area (Å²) >= 11 is 0. The molecule has 6 heteroatoms. The second-order valence-electron chi connectivity index (χ2n) is 9.80. The van der Waals surface area contributed by atoms with E-state index in [4.69, 9.17) is 0 Å². The predicted octanol–water partition coefficient (Wildman–Crippen LogP) is 4.91. The molecule has 4 aromatic rings. The maximum absolute atomic E-state index is 12.9. The van der Waals surface area contributed by atoms with Crippen molar-refractivity contribution < 1.29 is 0 Å². The molecule has 0 N–H and O–H groups in total. The van der Waals surface area contributed by atoms with Crippen molar-refractivity contribution in [1.82, 2.24) is 23.8 Å². The predicted molar refractivity (Wildman–Crippen MR) is 140 cm³/mol. The van der Waals surface area contributed by atoms with Crippen LogP contribution in [0.2, 0.25) is 0 Å². The third kappa shape index (κ3) is 5.17. The maximum atomic E-state index is 12.9. The maximum Gasteiger partial charge on any atom is 0.274 e. The number of hydrogen-bond donors (Lipinski definition) is 0. The van der Waals surface area contributed by atoms with Crippen LogP contribution in [0.25, 0.3) is 11.4 Å². The first-order chi connectivity index (χ1) is 17.1. The zero-order valence-corrected chi connectivity index (χ0v) is 20.8. The van der Waals surface area contributed by atoms with Gasteiger partial charge in [0.05, 0.1) is 17.7 Å². The molecule has 0 unspecified atom stereocenters. The number of rotatable bonds is 8. The Balaban J connectivity index is 1.11. The van der Waals surface area contributed by atoms with Crippen molar-refractivity contribution in [2.24, 2.45) is 13.0 Å². The largest absolute Gasteiger partial charge is 0.306 e. The quantitative estimate of drug-likeness (QED) is 0.369. The molecule has 1 aliphatic rings. The second kappa shape index (κ2) is 10.5. The fraction of sp³-hybridized carbons (Fsp3) is 0.379. The molecular formula is C29H35N5O. The number of benzene rings is 2. The number of aromatic nitrogens is 4. The fourth-order valence-corrected chi connectivity index (χ4v) is 5.35. The van der Waals surface area contributed by atoms with Gasteiger partial charge in [-0.3, -0.25) is 14.4 Å². The van der Waals surface area contributed by atoms with Crippen molar-refractivity contribution in [1.29, 1.82) is 0 Å². The zero-order valence-electron chi connectivity index (χ0n) is 20.8. The fourth-order valence-electron chi connectivity index (χ4n) is 5.35. The van der Waals surface area contributed by atoms with E-state index in [2.05, 4.69) is 34.1 Å². The van der Waals surface area contributed by atoms with E-state index >= 15 is 0 Å². The molecule has 5 rings (SSSR count). The normalized spacial score (nSPS) is 15.0. The molecule has 0 bridgehead atoms. The molecule has 3 heterocycles. The van der Waals surface area contributed by atoms with Crippen LogP contribution in [0.4, 0.5) is 0 Å². The average Bonchev–Trinajstić information content (AvgIpc) is 3.50. The number of hydrogen-bond acceptors (Lipinski definition) is 3. The van der Waals surface area contributed by atoms with Gasteiger partial charge in [-0.2, -0.15) is 0 Å². The Labute approximate surface area is 207 Å². The summed E-state index contributed by atoms with van der Waals surface area (Å²) in [7, 11) is 2.01. The van der Waals surface area contributed by atoms with Crippen LogP contribution in [0.1, 0.15) is 42.5 Å². The van der Waals surface area contributed by atoms with Crippen LogP contribution in [0.5, 0.6) is 0 Å². The smallest absolute Gasteiger partial charge is 0.274 e. The van der Waals surface area contributed by atoms with E-state index in [1.54, 1.807) is 4.68 Å². The molecule has 0 atom stereocenters. The number of piperidine rings is 1. The van der Waals surface area contributed by atoms with Crippen LogP contribution in [0.15, 0.2) is 78.1 Å². The van der Waals surface area contributed by atoms with Crippen molar-refractivity contribution in [3.63, 3.8) is 0 Å². The summed E-state index contributed by atoms with van der Waals surface area (Å²) < 4.78 is 5.87. The number of imidazole rings is 1. The van der Waals surface area contributed by atoms with E-state index in [-0.39, 0.29) is 5.56 Å². The summed E-state index contributed by atoms with van der Waals surface area (Å²) in [5.41, 5.74) is 5.55. The highest BCUT2D eigenvalue weighted by Crippen LogP contribution is 2.25. The Kier molecular flexibility index (Phi) is 7.00. The SMILES string of the molecule is Cc1c(CN2CCC(CCCc3ccc(-n4ccnc4)cc3)CC2)n(C)n(-c2ccccc2)c1=O. The van der Waals surface area contributed by atoms with Gasteiger partial charge in [-0.05, 0) is 81.4 Å². The molecule has 0 saturated carbocycles. The second-order valence-corrected chi connectivity index (χ2v) is 9.80. The van der Waals surface area contributed by atoms with Gasteiger partial charge in [0.25, 0.3) is 5.56 Å². The summed E-state index contributed by atoms with van der Waals surface area (Å²) in [6, 6.07) is 18.8. The Hall–Kier alpha value is -3.38. The lowest BCUT2D eigenvalue weighted by molar-refractivity contribution is 0.167. The van der Waals surface area contributed by atoms with Crippen molar-refractivity contribution in [2.75, 3.05) is 13.1 Å². The molecule has 1 saturated heterocycles. The highest BCUT2D eigenvalue weighted by atomic mass is 16.1. The van der Waals surface area contributed by atoms with Crippen molar-refractivity contribution in [3.05, 3.63) is 100 Å². The third-order valence-electron chi connectivity index (χ3n) is 7.53. The molecule has 1 fully saturated rings. The summed E-state index contributed by atoms with van der Waals surface area (Å²) in [6.45, 7) is 5.02. The first-order valence-corrected chi connectivity index (χ1v) is 12.7. The Morgan fingerprint density at radius 2 is 1.71 bits per heavy atom. The molecule has 0 radical (unpaired) electrons. The minimum Gasteiger partial charge on any atom is -0.306 e. The molecule has 0 spiro atoms. The van der Waals surface area contributed by atoms with Crippen molar-refractivity contribution >= 4 is 0 Å². The first-order valence-electron chi connectivity index (χ1n) is 12.7. The van der Waals surface area contributed by atoms with Crippen LogP contribution in [-0.4, -0.2) is 36.9 Å². The molecular weight excluding hydrogens is 434 g/mol. The first kappa shape index (κ1) is 23.4. The number of likely N-dealkylation sites (tertiary alicyclic amines) is 1. The lowest BCUT2D eigenvalue weighted by atomic mass is 9.90. The van der Waals surface area contributed by atoms with Crippen LogP contribution in [-0.2, 0) is 20.0 Å². The van der Waals surface area contributed by atoms with Crippen LogP contribution in [0, 0.1) is 12.8 Å². The lowest BCUT2D eigenvalue weighted by Gasteiger charge is -2.32. The number of para-hydroxylation sites is 1. The molecule has 0 aliphatic carbocycles. The lowest BCUT2D eigenvalue weighted by Crippen LogP contribution is -2.34. The van der Waals surface area contributed by atoms with Crippen molar-refractivity contribution in [2.45, 2.75) is 45.6 Å². The van der Waals surface area contributed by atoms with E-state index in [1.165, 1.54) is 31.2 Å². The van der Waals surface area contributed by atoms with Crippen LogP contribution in [0.3, 0.4) is 0 Å². The monoisotopic (exact) mass is 469 g/mol. The zero-order chi connectivity index (χ0) is 24.2. The summed E-state index contributed by atoms with van der Waals surface area (Å²) in [4.78, 5) is 19.6. The molecule has 6 nitrogen and oxygen atoms in total. The molecule has 0 amide bonds. The molecule has 2 aromatic carbocycles. The van der Waals surface area contributed by atoms with E-state index in [9.17, 15) is 4.79 Å². The topological polar surface area (TPSA) is 48.0 Å². The van der Waals surface area contributed by atoms with Gasteiger partial charge in [-0.1, -0.05) is 36.8 Å². The highest BCUT2D eigenvalue weighted by molar-refractivity contribution is 5.35. The van der Waals surface area contributed by atoms with Gasteiger partial charge in [0.15, 0.2) is 0 Å². The average molecular weight is 470 g/mol. The number of aryl methyl sites for hydroxylation is 1. The van der Waals surface area contributed by atoms with Crippen LogP contribution >= 0.6 is 0 Å². The molecule has 2 aromatic heterocycles. The van der Waals surface area contributed by atoms with E-state index in [1.807, 2.05) is 72.3 Å². The minimum absolute atomic E-state index is 0.0849. The van der Waals surface area contributed by atoms with Gasteiger partial charge in [0.1, 0.15) is 0 Å². The van der Waals surface area contributed by atoms with Gasteiger partial charge >= 0.3 is 0 Å². The van der Waals surface area contributed by atoms with Crippen LogP contribution < -0.4 is 5.56 Å². The van der Waals surface area contributed by atoms with Gasteiger partial charge in [0, 0.05) is 37.2 Å². The standard InChI is InChI=1S/C29H35N5O/c1-23-28(31(2)34(29(23)35)27-9-4-3-5-10-27)21-32-18-15-25(16-19-32)8-6-7-24-11-13-26(14-12-24)33-20-17-30-22-33/h3-5,9-14,17,20,22,25H,6-8,15-16,18-19,21H2,1-2H3. The Morgan fingerprint density at radius 1 is 0.971 bits per heavy atom. The Bertz CT molecular complexity index is 1280. The van der Waals surface area contributed by atoms with E-state index in [0.29, 0.717) is 0 Å². The van der Waals surface area contributed by atoms with Gasteiger partial charge in [-0.15, -0.1) is 0 Å².